The molecule has 3 rings (SSSR count). The number of halogens is 1. The number of carbonyl (C=O) groups is 2. The molecule has 9 heteroatoms. The molecular weight excluding hydrogens is 492 g/mol. The SMILES string of the molecule is COc1cc(C(=O)Oc2ccc(/C=N\NC(=O)c3cccc(Br)c3)cc2)cc(OC)c1OC. The zero-order valence-electron chi connectivity index (χ0n) is 18.1. The van der Waals surface area contributed by atoms with Crippen molar-refractivity contribution < 1.29 is 28.5 Å². The zero-order valence-corrected chi connectivity index (χ0v) is 19.7. The Labute approximate surface area is 199 Å². The molecule has 0 heterocycles. The van der Waals surface area contributed by atoms with Crippen LogP contribution in [0.3, 0.4) is 0 Å². The normalized spacial score (nSPS) is 10.5. The summed E-state index contributed by atoms with van der Waals surface area (Å²) in [6, 6.07) is 16.6. The van der Waals surface area contributed by atoms with E-state index in [1.165, 1.54) is 39.7 Å². The molecule has 0 fully saturated rings. The number of nitrogens with one attached hydrogen (secondary N) is 1. The van der Waals surface area contributed by atoms with Crippen molar-refractivity contribution in [1.82, 2.24) is 5.43 Å². The van der Waals surface area contributed by atoms with E-state index in [4.69, 9.17) is 18.9 Å². The molecular formula is C24H21BrN2O6. The molecule has 1 N–H and O–H groups in total. The Morgan fingerprint density at radius 3 is 2.12 bits per heavy atom. The number of hydrogen-bond donors (Lipinski definition) is 1. The van der Waals surface area contributed by atoms with Crippen molar-refractivity contribution >= 4 is 34.0 Å². The maximum absolute atomic E-state index is 12.6. The van der Waals surface area contributed by atoms with E-state index >= 15 is 0 Å². The Hall–Kier alpha value is -3.85. The molecule has 0 spiro atoms. The highest BCUT2D eigenvalue weighted by Crippen LogP contribution is 2.38. The third-order valence-electron chi connectivity index (χ3n) is 4.46. The lowest BCUT2D eigenvalue weighted by Crippen LogP contribution is -2.17. The summed E-state index contributed by atoms with van der Waals surface area (Å²) in [5, 5.41) is 3.95. The highest BCUT2D eigenvalue weighted by atomic mass is 79.9. The van der Waals surface area contributed by atoms with Crippen LogP contribution < -0.4 is 24.4 Å². The Kier molecular flexibility index (Phi) is 8.04. The molecule has 0 aliphatic rings. The van der Waals surface area contributed by atoms with Crippen LogP contribution in [0.5, 0.6) is 23.0 Å². The van der Waals surface area contributed by atoms with E-state index in [1.54, 1.807) is 42.5 Å². The van der Waals surface area contributed by atoms with Crippen molar-refractivity contribution in [2.24, 2.45) is 5.10 Å². The maximum Gasteiger partial charge on any atom is 0.343 e. The molecule has 0 saturated carbocycles. The molecule has 170 valence electrons. The minimum atomic E-state index is -0.586. The van der Waals surface area contributed by atoms with Gasteiger partial charge < -0.3 is 18.9 Å². The Balaban J connectivity index is 1.64. The Morgan fingerprint density at radius 2 is 1.55 bits per heavy atom. The number of ether oxygens (including phenoxy) is 4. The molecule has 0 bridgehead atoms. The van der Waals surface area contributed by atoms with E-state index in [9.17, 15) is 9.59 Å². The number of benzene rings is 3. The zero-order chi connectivity index (χ0) is 23.8. The van der Waals surface area contributed by atoms with Gasteiger partial charge in [0.15, 0.2) is 11.5 Å². The van der Waals surface area contributed by atoms with Crippen molar-refractivity contribution in [2.75, 3.05) is 21.3 Å². The second-order valence-electron chi connectivity index (χ2n) is 6.58. The fourth-order valence-corrected chi connectivity index (χ4v) is 3.25. The number of methoxy groups -OCH3 is 3. The molecule has 3 aromatic rings. The summed E-state index contributed by atoms with van der Waals surface area (Å²) in [6.07, 6.45) is 1.49. The van der Waals surface area contributed by atoms with Gasteiger partial charge in [0.25, 0.3) is 5.91 Å². The number of amides is 1. The summed E-state index contributed by atoms with van der Waals surface area (Å²) in [5.74, 6) is 0.497. The van der Waals surface area contributed by atoms with Crippen LogP contribution in [0.2, 0.25) is 0 Å². The van der Waals surface area contributed by atoms with Gasteiger partial charge in [-0.3, -0.25) is 4.79 Å². The topological polar surface area (TPSA) is 95.5 Å². The molecule has 0 radical (unpaired) electrons. The van der Waals surface area contributed by atoms with Crippen molar-refractivity contribution in [1.29, 1.82) is 0 Å². The van der Waals surface area contributed by atoms with E-state index in [2.05, 4.69) is 26.5 Å². The summed E-state index contributed by atoms with van der Waals surface area (Å²) >= 11 is 3.32. The minimum Gasteiger partial charge on any atom is -0.493 e. The highest BCUT2D eigenvalue weighted by molar-refractivity contribution is 9.10. The Morgan fingerprint density at radius 1 is 0.879 bits per heavy atom. The predicted octanol–water partition coefficient (Wildman–Crippen LogP) is 4.46. The quantitative estimate of drug-likeness (QED) is 0.207. The highest BCUT2D eigenvalue weighted by Gasteiger charge is 2.18. The summed E-state index contributed by atoms with van der Waals surface area (Å²) in [5.41, 5.74) is 3.89. The lowest BCUT2D eigenvalue weighted by molar-refractivity contribution is 0.0733. The monoisotopic (exact) mass is 512 g/mol. The van der Waals surface area contributed by atoms with Crippen LogP contribution in [0.4, 0.5) is 0 Å². The van der Waals surface area contributed by atoms with Gasteiger partial charge in [0.1, 0.15) is 5.75 Å². The fourth-order valence-electron chi connectivity index (χ4n) is 2.85. The van der Waals surface area contributed by atoms with Gasteiger partial charge in [-0.2, -0.15) is 5.10 Å². The smallest absolute Gasteiger partial charge is 0.343 e. The first-order chi connectivity index (χ1) is 15.9. The van der Waals surface area contributed by atoms with E-state index in [1.807, 2.05) is 6.07 Å². The van der Waals surface area contributed by atoms with E-state index in [-0.39, 0.29) is 11.5 Å². The van der Waals surface area contributed by atoms with Gasteiger partial charge >= 0.3 is 5.97 Å². The molecule has 0 aliphatic heterocycles. The standard InChI is InChI=1S/C24H21BrN2O6/c1-30-20-12-17(13-21(31-2)22(20)32-3)24(29)33-19-9-7-15(8-10-19)14-26-27-23(28)16-5-4-6-18(25)11-16/h4-14H,1-3H3,(H,27,28)/b26-14-. The van der Waals surface area contributed by atoms with Crippen LogP contribution in [-0.4, -0.2) is 39.4 Å². The number of rotatable bonds is 8. The number of carbonyl (C=O) groups excluding carboxylic acids is 2. The van der Waals surface area contributed by atoms with Crippen LogP contribution >= 0.6 is 15.9 Å². The third kappa shape index (κ3) is 6.11. The molecule has 33 heavy (non-hydrogen) atoms. The second kappa shape index (κ2) is 11.1. The molecule has 3 aromatic carbocycles. The van der Waals surface area contributed by atoms with Gasteiger partial charge in [-0.05, 0) is 60.2 Å². The van der Waals surface area contributed by atoms with Gasteiger partial charge in [0.05, 0.1) is 33.1 Å². The maximum atomic E-state index is 12.6. The molecule has 0 unspecified atom stereocenters. The third-order valence-corrected chi connectivity index (χ3v) is 4.95. The lowest BCUT2D eigenvalue weighted by Gasteiger charge is -2.13. The molecule has 0 saturated heterocycles. The second-order valence-corrected chi connectivity index (χ2v) is 7.50. The molecule has 8 nitrogen and oxygen atoms in total. The van der Waals surface area contributed by atoms with Crippen molar-refractivity contribution in [3.05, 3.63) is 81.8 Å². The van der Waals surface area contributed by atoms with E-state index in [0.717, 1.165) is 4.47 Å². The average Bonchev–Trinajstić information content (AvgIpc) is 2.83. The first-order valence-corrected chi connectivity index (χ1v) is 10.5. The van der Waals surface area contributed by atoms with Crippen LogP contribution in [0.25, 0.3) is 0 Å². The predicted molar refractivity (Wildman–Crippen MR) is 127 cm³/mol. The summed E-state index contributed by atoms with van der Waals surface area (Å²) < 4.78 is 22.0. The number of nitrogens with zero attached hydrogens (tertiary/aromatic N) is 1. The van der Waals surface area contributed by atoms with Gasteiger partial charge in [-0.1, -0.05) is 22.0 Å². The summed E-state index contributed by atoms with van der Waals surface area (Å²) in [6.45, 7) is 0. The van der Waals surface area contributed by atoms with Crippen molar-refractivity contribution in [3.63, 3.8) is 0 Å². The van der Waals surface area contributed by atoms with Gasteiger partial charge in [-0.25, -0.2) is 10.2 Å². The first-order valence-electron chi connectivity index (χ1n) is 9.66. The van der Waals surface area contributed by atoms with Crippen LogP contribution in [0, 0.1) is 0 Å². The lowest BCUT2D eigenvalue weighted by atomic mass is 10.2. The van der Waals surface area contributed by atoms with Gasteiger partial charge in [0.2, 0.25) is 5.75 Å². The average molecular weight is 513 g/mol. The first kappa shape index (κ1) is 23.8. The number of esters is 1. The van der Waals surface area contributed by atoms with E-state index in [0.29, 0.717) is 34.1 Å². The molecule has 0 atom stereocenters. The Bertz CT molecular complexity index is 1150. The van der Waals surface area contributed by atoms with Crippen LogP contribution in [0.15, 0.2) is 70.2 Å². The van der Waals surface area contributed by atoms with Crippen molar-refractivity contribution in [3.8, 4) is 23.0 Å². The fraction of sp³-hybridized carbons (Fsp3) is 0.125. The van der Waals surface area contributed by atoms with Gasteiger partial charge in [0, 0.05) is 10.0 Å². The van der Waals surface area contributed by atoms with Crippen molar-refractivity contribution in [2.45, 2.75) is 0 Å². The number of hydrogen-bond acceptors (Lipinski definition) is 7. The number of hydrazone groups is 1. The summed E-state index contributed by atoms with van der Waals surface area (Å²) in [4.78, 5) is 24.7. The summed E-state index contributed by atoms with van der Waals surface area (Å²) in [7, 11) is 4.41. The minimum absolute atomic E-state index is 0.241. The van der Waals surface area contributed by atoms with Crippen LogP contribution in [0.1, 0.15) is 26.3 Å². The van der Waals surface area contributed by atoms with E-state index < -0.39 is 5.97 Å². The largest absolute Gasteiger partial charge is 0.493 e. The van der Waals surface area contributed by atoms with Crippen LogP contribution in [-0.2, 0) is 0 Å². The molecule has 0 aliphatic carbocycles. The molecule has 0 aromatic heterocycles. The van der Waals surface area contributed by atoms with Gasteiger partial charge in [-0.15, -0.1) is 0 Å². The molecule has 1 amide bonds.